The summed E-state index contributed by atoms with van der Waals surface area (Å²) in [5.74, 6) is -1.63. The molecule has 4 nitrogen and oxygen atoms in total. The standard InChI is InChI=1S/C9H13NO3/c1-3-4-9(5-6-10,7(2)11)8(12)13/h3-5H2,1-2H3,(H,12,13)/t9-/m1/s1. The van der Waals surface area contributed by atoms with Gasteiger partial charge in [0.1, 0.15) is 11.2 Å². The van der Waals surface area contributed by atoms with Gasteiger partial charge in [-0.3, -0.25) is 9.59 Å². The number of nitriles is 1. The highest BCUT2D eigenvalue weighted by atomic mass is 16.4. The number of hydrogen-bond donors (Lipinski definition) is 1. The molecular formula is C9H13NO3. The fourth-order valence-corrected chi connectivity index (χ4v) is 1.28. The van der Waals surface area contributed by atoms with Crippen LogP contribution in [0, 0.1) is 16.7 Å². The molecule has 0 radical (unpaired) electrons. The lowest BCUT2D eigenvalue weighted by Gasteiger charge is -2.22. The van der Waals surface area contributed by atoms with Crippen molar-refractivity contribution in [2.24, 2.45) is 5.41 Å². The van der Waals surface area contributed by atoms with Gasteiger partial charge in [0, 0.05) is 0 Å². The molecule has 0 bridgehead atoms. The number of carbonyl (C=O) groups excluding carboxylic acids is 1. The van der Waals surface area contributed by atoms with Crippen molar-refractivity contribution in [3.8, 4) is 6.07 Å². The monoisotopic (exact) mass is 183 g/mol. The fraction of sp³-hybridized carbons (Fsp3) is 0.667. The molecule has 0 aromatic rings. The van der Waals surface area contributed by atoms with Crippen molar-refractivity contribution >= 4 is 11.8 Å². The van der Waals surface area contributed by atoms with Gasteiger partial charge in [-0.05, 0) is 13.3 Å². The fourth-order valence-electron chi connectivity index (χ4n) is 1.28. The molecule has 0 aromatic heterocycles. The number of ketones is 1. The van der Waals surface area contributed by atoms with E-state index in [9.17, 15) is 9.59 Å². The highest BCUT2D eigenvalue weighted by Gasteiger charge is 2.42. The van der Waals surface area contributed by atoms with Gasteiger partial charge in [-0.2, -0.15) is 5.26 Å². The Balaban J connectivity index is 4.94. The summed E-state index contributed by atoms with van der Waals surface area (Å²) in [6, 6.07) is 1.75. The molecule has 0 spiro atoms. The number of nitrogens with zero attached hydrogens (tertiary/aromatic N) is 1. The summed E-state index contributed by atoms with van der Waals surface area (Å²) in [6.07, 6.45) is 0.560. The summed E-state index contributed by atoms with van der Waals surface area (Å²) in [6.45, 7) is 3.01. The Hall–Kier alpha value is -1.37. The van der Waals surface area contributed by atoms with Gasteiger partial charge in [-0.1, -0.05) is 13.3 Å². The Morgan fingerprint density at radius 1 is 1.54 bits per heavy atom. The van der Waals surface area contributed by atoms with E-state index in [1.165, 1.54) is 6.92 Å². The van der Waals surface area contributed by atoms with Gasteiger partial charge < -0.3 is 5.11 Å². The summed E-state index contributed by atoms with van der Waals surface area (Å²) in [7, 11) is 0. The predicted octanol–water partition coefficient (Wildman–Crippen LogP) is 1.36. The average Bonchev–Trinajstić information content (AvgIpc) is 2.03. The third-order valence-corrected chi connectivity index (χ3v) is 2.14. The first-order valence-corrected chi connectivity index (χ1v) is 4.12. The molecule has 0 aromatic carbocycles. The zero-order valence-corrected chi connectivity index (χ0v) is 7.83. The van der Waals surface area contributed by atoms with Crippen LogP contribution in [0.2, 0.25) is 0 Å². The summed E-state index contributed by atoms with van der Waals surface area (Å²) >= 11 is 0. The number of carbonyl (C=O) groups is 2. The van der Waals surface area contributed by atoms with Crippen LogP contribution < -0.4 is 0 Å². The zero-order chi connectivity index (χ0) is 10.5. The Morgan fingerprint density at radius 3 is 2.31 bits per heavy atom. The summed E-state index contributed by atoms with van der Waals surface area (Å²) in [5, 5.41) is 17.3. The molecular weight excluding hydrogens is 170 g/mol. The summed E-state index contributed by atoms with van der Waals surface area (Å²) < 4.78 is 0. The number of rotatable bonds is 5. The molecule has 0 heterocycles. The Morgan fingerprint density at radius 2 is 2.08 bits per heavy atom. The minimum Gasteiger partial charge on any atom is -0.480 e. The van der Waals surface area contributed by atoms with Crippen LogP contribution in [-0.2, 0) is 9.59 Å². The molecule has 13 heavy (non-hydrogen) atoms. The van der Waals surface area contributed by atoms with Gasteiger partial charge in [-0.15, -0.1) is 0 Å². The van der Waals surface area contributed by atoms with Gasteiger partial charge in [0.15, 0.2) is 0 Å². The van der Waals surface area contributed by atoms with Crippen LogP contribution in [0.4, 0.5) is 0 Å². The Labute approximate surface area is 77.2 Å². The number of Topliss-reactive ketones (excluding diaryl/α,β-unsaturated/α-hetero) is 1. The lowest BCUT2D eigenvalue weighted by atomic mass is 9.77. The molecule has 0 unspecified atom stereocenters. The van der Waals surface area contributed by atoms with Crippen LogP contribution in [-0.4, -0.2) is 16.9 Å². The Kier molecular flexibility index (Phi) is 4.12. The molecule has 1 N–H and O–H groups in total. The van der Waals surface area contributed by atoms with Gasteiger partial charge in [0.2, 0.25) is 0 Å². The lowest BCUT2D eigenvalue weighted by Crippen LogP contribution is -2.37. The van der Waals surface area contributed by atoms with E-state index in [0.29, 0.717) is 6.42 Å². The van der Waals surface area contributed by atoms with E-state index in [2.05, 4.69) is 0 Å². The zero-order valence-electron chi connectivity index (χ0n) is 7.83. The van der Waals surface area contributed by atoms with Gasteiger partial charge >= 0.3 is 5.97 Å². The normalized spacial score (nSPS) is 14.2. The maximum absolute atomic E-state index is 11.2. The first-order valence-electron chi connectivity index (χ1n) is 4.12. The van der Waals surface area contributed by atoms with Gasteiger partial charge in [0.25, 0.3) is 0 Å². The molecule has 0 aliphatic carbocycles. The smallest absolute Gasteiger partial charge is 0.318 e. The third-order valence-electron chi connectivity index (χ3n) is 2.14. The van der Waals surface area contributed by atoms with Crippen LogP contribution in [0.5, 0.6) is 0 Å². The van der Waals surface area contributed by atoms with Gasteiger partial charge in [0.05, 0.1) is 12.5 Å². The van der Waals surface area contributed by atoms with E-state index in [0.717, 1.165) is 0 Å². The lowest BCUT2D eigenvalue weighted by molar-refractivity contribution is -0.154. The van der Waals surface area contributed by atoms with Crippen molar-refractivity contribution in [2.45, 2.75) is 33.1 Å². The number of carboxylic acid groups (broad SMARTS) is 1. The van der Waals surface area contributed by atoms with Crippen LogP contribution in [0.3, 0.4) is 0 Å². The van der Waals surface area contributed by atoms with E-state index in [1.54, 1.807) is 13.0 Å². The predicted molar refractivity (Wildman–Crippen MR) is 45.9 cm³/mol. The topological polar surface area (TPSA) is 78.2 Å². The van der Waals surface area contributed by atoms with Crippen molar-refractivity contribution in [1.29, 1.82) is 5.26 Å². The maximum atomic E-state index is 11.2. The molecule has 1 atom stereocenters. The average molecular weight is 183 g/mol. The quantitative estimate of drug-likeness (QED) is 0.653. The second-order valence-corrected chi connectivity index (χ2v) is 3.03. The largest absolute Gasteiger partial charge is 0.480 e. The van der Waals surface area contributed by atoms with Crippen LogP contribution >= 0.6 is 0 Å². The third kappa shape index (κ3) is 2.28. The maximum Gasteiger partial charge on any atom is 0.318 e. The molecule has 0 saturated carbocycles. The highest BCUT2D eigenvalue weighted by Crippen LogP contribution is 2.29. The molecule has 0 aliphatic heterocycles. The molecule has 4 heteroatoms. The van der Waals surface area contributed by atoms with Crippen LogP contribution in [0.25, 0.3) is 0 Å². The SMILES string of the molecule is CCC[C@@](CC#N)(C(C)=O)C(=O)O. The van der Waals surface area contributed by atoms with E-state index in [1.807, 2.05) is 0 Å². The molecule has 72 valence electrons. The van der Waals surface area contributed by atoms with E-state index < -0.39 is 17.2 Å². The van der Waals surface area contributed by atoms with Crippen molar-refractivity contribution in [3.63, 3.8) is 0 Å². The summed E-state index contributed by atoms with van der Waals surface area (Å²) in [4.78, 5) is 22.0. The summed E-state index contributed by atoms with van der Waals surface area (Å²) in [5.41, 5.74) is -1.48. The number of aliphatic carboxylic acids is 1. The number of carboxylic acids is 1. The molecule has 0 aliphatic rings. The minimum atomic E-state index is -1.48. The van der Waals surface area contributed by atoms with Crippen LogP contribution in [0.1, 0.15) is 33.1 Å². The molecule has 0 fully saturated rings. The van der Waals surface area contributed by atoms with Crippen LogP contribution in [0.15, 0.2) is 0 Å². The second kappa shape index (κ2) is 4.61. The molecule has 0 rings (SSSR count). The minimum absolute atomic E-state index is 0.227. The number of hydrogen-bond acceptors (Lipinski definition) is 3. The molecule has 0 amide bonds. The first kappa shape index (κ1) is 11.6. The van der Waals surface area contributed by atoms with Crippen molar-refractivity contribution in [3.05, 3.63) is 0 Å². The van der Waals surface area contributed by atoms with E-state index in [-0.39, 0.29) is 12.8 Å². The van der Waals surface area contributed by atoms with Crippen molar-refractivity contribution in [2.75, 3.05) is 0 Å². The molecule has 0 saturated heterocycles. The Bertz CT molecular complexity index is 238. The van der Waals surface area contributed by atoms with Gasteiger partial charge in [-0.25, -0.2) is 0 Å². The van der Waals surface area contributed by atoms with Crippen molar-refractivity contribution < 1.29 is 14.7 Å². The highest BCUT2D eigenvalue weighted by molar-refractivity contribution is 6.02. The van der Waals surface area contributed by atoms with Crippen molar-refractivity contribution in [1.82, 2.24) is 0 Å². The second-order valence-electron chi connectivity index (χ2n) is 3.03. The first-order chi connectivity index (χ1) is 6.01. The van der Waals surface area contributed by atoms with E-state index in [4.69, 9.17) is 10.4 Å². The van der Waals surface area contributed by atoms with E-state index >= 15 is 0 Å².